The van der Waals surface area contributed by atoms with E-state index in [1.54, 1.807) is 6.92 Å². The summed E-state index contributed by atoms with van der Waals surface area (Å²) in [4.78, 5) is 31.6. The number of fused-ring (bicyclic) bond motifs is 1. The number of nitrogens with one attached hydrogen (secondary N) is 1. The molecular formula is C26H26F4N4O3. The zero-order valence-electron chi connectivity index (χ0n) is 20.3. The van der Waals surface area contributed by atoms with Crippen LogP contribution in [-0.4, -0.2) is 33.7 Å². The number of rotatable bonds is 5. The maximum atomic E-state index is 13.8. The number of alkyl halides is 3. The number of hydrogen-bond donors (Lipinski definition) is 2. The van der Waals surface area contributed by atoms with Crippen LogP contribution in [0.25, 0.3) is 10.9 Å². The number of carboxylic acid groups (broad SMARTS) is 1. The van der Waals surface area contributed by atoms with Crippen molar-refractivity contribution < 1.29 is 27.5 Å². The van der Waals surface area contributed by atoms with Crippen molar-refractivity contribution in [2.45, 2.75) is 44.8 Å². The standard InChI is InChI=1S/C26H26F4N4O3/c1-14(31-20-4-3-16(27)13-18(20)23(36)37)17-11-15(26(28,29)30)12-19-21(17)32-24(33(2)22(19)35)34-9-7-25(5-6-25)8-10-34/h3-4,11-14,31H,5-10H2,1-2H3,(H,36,37)/t14-/m1/s1. The molecule has 2 aliphatic rings. The Morgan fingerprint density at radius 3 is 2.41 bits per heavy atom. The molecule has 5 rings (SSSR count). The molecule has 196 valence electrons. The van der Waals surface area contributed by atoms with Crippen molar-refractivity contribution in [3.05, 3.63) is 63.2 Å². The van der Waals surface area contributed by atoms with E-state index in [2.05, 4.69) is 5.32 Å². The zero-order valence-corrected chi connectivity index (χ0v) is 20.3. The predicted octanol–water partition coefficient (Wildman–Crippen LogP) is 5.34. The largest absolute Gasteiger partial charge is 0.478 e. The summed E-state index contributed by atoms with van der Waals surface area (Å²) in [6.45, 7) is 2.95. The lowest BCUT2D eigenvalue weighted by Gasteiger charge is -2.34. The average molecular weight is 519 g/mol. The Bertz CT molecular complexity index is 1450. The fraction of sp³-hybridized carbons (Fsp3) is 0.423. The molecule has 0 radical (unpaired) electrons. The van der Waals surface area contributed by atoms with Gasteiger partial charge in [0.05, 0.1) is 28.1 Å². The second-order valence-corrected chi connectivity index (χ2v) is 10.1. The van der Waals surface area contributed by atoms with E-state index in [9.17, 15) is 32.3 Å². The molecule has 37 heavy (non-hydrogen) atoms. The Balaban J connectivity index is 1.63. The van der Waals surface area contributed by atoms with Crippen LogP contribution in [0.2, 0.25) is 0 Å². The summed E-state index contributed by atoms with van der Waals surface area (Å²) in [7, 11) is 1.50. The zero-order chi connectivity index (χ0) is 26.7. The van der Waals surface area contributed by atoms with Gasteiger partial charge in [-0.05, 0) is 68.4 Å². The van der Waals surface area contributed by atoms with E-state index in [1.807, 2.05) is 4.90 Å². The van der Waals surface area contributed by atoms with Gasteiger partial charge < -0.3 is 15.3 Å². The number of carboxylic acids is 1. The number of nitrogens with zero attached hydrogens (tertiary/aromatic N) is 3. The number of aromatic nitrogens is 2. The Morgan fingerprint density at radius 1 is 1.14 bits per heavy atom. The highest BCUT2D eigenvalue weighted by atomic mass is 19.4. The molecule has 1 spiro atoms. The van der Waals surface area contributed by atoms with Crippen molar-refractivity contribution in [3.8, 4) is 0 Å². The quantitative estimate of drug-likeness (QED) is 0.444. The lowest BCUT2D eigenvalue weighted by atomic mass is 9.94. The van der Waals surface area contributed by atoms with Crippen molar-refractivity contribution in [3.63, 3.8) is 0 Å². The highest BCUT2D eigenvalue weighted by Gasteiger charge is 2.45. The van der Waals surface area contributed by atoms with Gasteiger partial charge in [-0.1, -0.05) is 0 Å². The number of carbonyl (C=O) groups is 1. The van der Waals surface area contributed by atoms with Crippen LogP contribution in [0.4, 0.5) is 29.2 Å². The van der Waals surface area contributed by atoms with Crippen LogP contribution >= 0.6 is 0 Å². The van der Waals surface area contributed by atoms with E-state index >= 15 is 0 Å². The third-order valence-corrected chi connectivity index (χ3v) is 7.63. The number of hydrogen-bond acceptors (Lipinski definition) is 5. The molecule has 11 heteroatoms. The Morgan fingerprint density at radius 2 is 1.81 bits per heavy atom. The van der Waals surface area contributed by atoms with Crippen LogP contribution < -0.4 is 15.8 Å². The topological polar surface area (TPSA) is 87.5 Å². The molecule has 0 unspecified atom stereocenters. The first kappa shape index (κ1) is 25.0. The molecule has 1 aliphatic heterocycles. The summed E-state index contributed by atoms with van der Waals surface area (Å²) in [6, 6.07) is 3.94. The van der Waals surface area contributed by atoms with Gasteiger partial charge >= 0.3 is 12.1 Å². The van der Waals surface area contributed by atoms with Crippen LogP contribution in [0.15, 0.2) is 35.1 Å². The molecule has 1 aromatic heterocycles. The van der Waals surface area contributed by atoms with Crippen LogP contribution in [0.1, 0.15) is 60.1 Å². The highest BCUT2D eigenvalue weighted by Crippen LogP contribution is 2.53. The first-order chi connectivity index (χ1) is 17.4. The number of aromatic carboxylic acids is 1. The molecule has 0 bridgehead atoms. The first-order valence-corrected chi connectivity index (χ1v) is 12.0. The lowest BCUT2D eigenvalue weighted by Crippen LogP contribution is -2.38. The molecule has 2 fully saturated rings. The van der Waals surface area contributed by atoms with Gasteiger partial charge in [0.1, 0.15) is 5.82 Å². The minimum Gasteiger partial charge on any atom is -0.478 e. The van der Waals surface area contributed by atoms with Gasteiger partial charge in [-0.25, -0.2) is 14.2 Å². The lowest BCUT2D eigenvalue weighted by molar-refractivity contribution is -0.137. The van der Waals surface area contributed by atoms with Gasteiger partial charge in [-0.3, -0.25) is 9.36 Å². The minimum atomic E-state index is -4.72. The SMILES string of the molecule is C[C@@H](Nc1ccc(F)cc1C(=O)O)c1cc(C(F)(F)F)cc2c(=O)n(C)c(N3CCC4(CC3)CC4)nc12. The molecule has 2 N–H and O–H groups in total. The van der Waals surface area contributed by atoms with E-state index < -0.39 is 35.1 Å². The van der Waals surface area contributed by atoms with Gasteiger partial charge in [-0.2, -0.15) is 13.2 Å². The van der Waals surface area contributed by atoms with Crippen molar-refractivity contribution in [2.24, 2.45) is 12.5 Å². The van der Waals surface area contributed by atoms with Gasteiger partial charge in [-0.15, -0.1) is 0 Å². The van der Waals surface area contributed by atoms with Crippen molar-refractivity contribution in [2.75, 3.05) is 23.3 Å². The van der Waals surface area contributed by atoms with E-state index in [-0.39, 0.29) is 27.7 Å². The molecular weight excluding hydrogens is 492 g/mol. The number of piperidine rings is 1. The molecule has 1 atom stereocenters. The van der Waals surface area contributed by atoms with Crippen LogP contribution in [-0.2, 0) is 13.2 Å². The monoisotopic (exact) mass is 518 g/mol. The number of benzene rings is 2. The van der Waals surface area contributed by atoms with Crippen molar-refractivity contribution in [1.29, 1.82) is 0 Å². The molecule has 3 aromatic rings. The third kappa shape index (κ3) is 4.62. The maximum absolute atomic E-state index is 13.8. The van der Waals surface area contributed by atoms with Gasteiger partial charge in [0.25, 0.3) is 5.56 Å². The highest BCUT2D eigenvalue weighted by molar-refractivity contribution is 5.94. The fourth-order valence-corrected chi connectivity index (χ4v) is 5.16. The normalized spacial score (nSPS) is 17.7. The smallest absolute Gasteiger partial charge is 0.416 e. The summed E-state index contributed by atoms with van der Waals surface area (Å²) in [5, 5.41) is 12.2. The summed E-state index contributed by atoms with van der Waals surface area (Å²) in [5.41, 5.74) is -1.37. The van der Waals surface area contributed by atoms with Crippen LogP contribution in [0, 0.1) is 11.2 Å². The van der Waals surface area contributed by atoms with E-state index in [1.165, 1.54) is 30.5 Å². The maximum Gasteiger partial charge on any atom is 0.416 e. The molecule has 1 saturated carbocycles. The summed E-state index contributed by atoms with van der Waals surface area (Å²) in [6.07, 6.45) is -0.386. The molecule has 1 saturated heterocycles. The summed E-state index contributed by atoms with van der Waals surface area (Å²) in [5.74, 6) is -1.77. The predicted molar refractivity (Wildman–Crippen MR) is 130 cm³/mol. The molecule has 2 aromatic carbocycles. The second-order valence-electron chi connectivity index (χ2n) is 10.1. The van der Waals surface area contributed by atoms with E-state index in [0.29, 0.717) is 24.5 Å². The van der Waals surface area contributed by atoms with Gasteiger partial charge in [0.15, 0.2) is 0 Å². The fourth-order valence-electron chi connectivity index (χ4n) is 5.16. The minimum absolute atomic E-state index is 0.0294. The summed E-state index contributed by atoms with van der Waals surface area (Å²) < 4.78 is 56.3. The summed E-state index contributed by atoms with van der Waals surface area (Å²) >= 11 is 0. The third-order valence-electron chi connectivity index (χ3n) is 7.63. The molecule has 2 heterocycles. The van der Waals surface area contributed by atoms with Crippen LogP contribution in [0.5, 0.6) is 0 Å². The van der Waals surface area contributed by atoms with E-state index in [4.69, 9.17) is 4.98 Å². The second kappa shape index (κ2) is 8.74. The molecule has 7 nitrogen and oxygen atoms in total. The first-order valence-electron chi connectivity index (χ1n) is 12.0. The van der Waals surface area contributed by atoms with Crippen LogP contribution in [0.3, 0.4) is 0 Å². The molecule has 1 aliphatic carbocycles. The number of halogens is 4. The van der Waals surface area contributed by atoms with E-state index in [0.717, 1.165) is 37.1 Å². The van der Waals surface area contributed by atoms with Gasteiger partial charge in [0.2, 0.25) is 5.95 Å². The average Bonchev–Trinajstić information content (AvgIpc) is 3.60. The molecule has 0 amide bonds. The Hall–Kier alpha value is -3.63. The van der Waals surface area contributed by atoms with Crippen molar-refractivity contribution in [1.82, 2.24) is 9.55 Å². The Labute approximate surface area is 209 Å². The number of anilines is 2. The van der Waals surface area contributed by atoms with Gasteiger partial charge in [0, 0.05) is 31.4 Å². The van der Waals surface area contributed by atoms with Crippen molar-refractivity contribution >= 4 is 28.5 Å². The Kier molecular flexibility index (Phi) is 5.91.